The minimum Gasteiger partial charge on any atom is -0.372 e. The summed E-state index contributed by atoms with van der Waals surface area (Å²) in [6.07, 6.45) is 2.02. The molecule has 1 amide bonds. The predicted octanol–water partition coefficient (Wildman–Crippen LogP) is 2.13. The minimum atomic E-state index is -0.980. The van der Waals surface area contributed by atoms with E-state index in [0.29, 0.717) is 30.1 Å². The van der Waals surface area contributed by atoms with Crippen LogP contribution in [-0.4, -0.2) is 47.2 Å². The molecule has 1 N–H and O–H groups in total. The number of fused-ring (bicyclic) bond motifs is 1. The van der Waals surface area contributed by atoms with Gasteiger partial charge in [-0.25, -0.2) is 9.97 Å². The topological polar surface area (TPSA) is 91.1 Å². The van der Waals surface area contributed by atoms with E-state index in [2.05, 4.69) is 16.3 Å². The van der Waals surface area contributed by atoms with Gasteiger partial charge < -0.3 is 15.0 Å². The maximum Gasteiger partial charge on any atom is 0.243 e. The first-order valence-corrected chi connectivity index (χ1v) is 9.42. The second-order valence-corrected chi connectivity index (χ2v) is 7.43. The average Bonchev–Trinajstić information content (AvgIpc) is 3.45. The van der Waals surface area contributed by atoms with Crippen LogP contribution in [-0.2, 0) is 9.53 Å². The third-order valence-electron chi connectivity index (χ3n) is 4.89. The minimum absolute atomic E-state index is 0.0377. The smallest absolute Gasteiger partial charge is 0.243 e. The summed E-state index contributed by atoms with van der Waals surface area (Å²) >= 11 is 0. The Morgan fingerprint density at radius 2 is 1.85 bits per heavy atom. The molecule has 2 aliphatic rings. The van der Waals surface area contributed by atoms with Gasteiger partial charge in [-0.2, -0.15) is 5.26 Å². The molecule has 1 saturated heterocycles. The molecule has 2 aromatic rings. The number of amides is 1. The van der Waals surface area contributed by atoms with Crippen LogP contribution in [0.15, 0.2) is 24.3 Å². The quantitative estimate of drug-likeness (QED) is 0.892. The predicted molar refractivity (Wildman–Crippen MR) is 101 cm³/mol. The van der Waals surface area contributed by atoms with Gasteiger partial charge >= 0.3 is 0 Å². The number of hydrogen-bond acceptors (Lipinski definition) is 6. The lowest BCUT2D eigenvalue weighted by atomic mass is 10.0. The van der Waals surface area contributed by atoms with Crippen molar-refractivity contribution in [3.05, 3.63) is 30.0 Å². The molecule has 4 rings (SSSR count). The van der Waals surface area contributed by atoms with Gasteiger partial charge in [-0.15, -0.1) is 0 Å². The van der Waals surface area contributed by atoms with Crippen LogP contribution in [0.25, 0.3) is 11.0 Å². The first-order valence-electron chi connectivity index (χ1n) is 9.42. The van der Waals surface area contributed by atoms with Gasteiger partial charge in [0.2, 0.25) is 5.91 Å². The van der Waals surface area contributed by atoms with Crippen molar-refractivity contribution < 1.29 is 9.53 Å². The van der Waals surface area contributed by atoms with Crippen LogP contribution < -0.4 is 10.2 Å². The number of para-hydroxylation sites is 2. The second-order valence-electron chi connectivity index (χ2n) is 7.43. The lowest BCUT2D eigenvalue weighted by molar-refractivity contribution is -0.121. The van der Waals surface area contributed by atoms with E-state index >= 15 is 0 Å². The molecule has 1 aromatic heterocycles. The van der Waals surface area contributed by atoms with Crippen LogP contribution in [0.5, 0.6) is 0 Å². The number of aromatic nitrogens is 2. The highest BCUT2D eigenvalue weighted by atomic mass is 16.5. The van der Waals surface area contributed by atoms with Crippen LogP contribution in [0.1, 0.15) is 38.3 Å². The summed E-state index contributed by atoms with van der Waals surface area (Å²) in [5, 5.41) is 12.7. The number of carbonyl (C=O) groups is 1. The van der Waals surface area contributed by atoms with Gasteiger partial charge in [0.15, 0.2) is 11.7 Å². The molecule has 140 valence electrons. The lowest BCUT2D eigenvalue weighted by Gasteiger charge is -2.37. The molecule has 7 heteroatoms. The fourth-order valence-electron chi connectivity index (χ4n) is 3.54. The van der Waals surface area contributed by atoms with Gasteiger partial charge in [-0.1, -0.05) is 12.1 Å². The summed E-state index contributed by atoms with van der Waals surface area (Å²) in [5.41, 5.74) is 1.86. The van der Waals surface area contributed by atoms with Crippen molar-refractivity contribution in [1.82, 2.24) is 15.3 Å². The number of nitrogens with zero attached hydrogens (tertiary/aromatic N) is 4. The molecule has 27 heavy (non-hydrogen) atoms. The number of rotatable bonds is 4. The van der Waals surface area contributed by atoms with E-state index in [0.717, 1.165) is 18.4 Å². The summed E-state index contributed by atoms with van der Waals surface area (Å²) in [6.45, 7) is 5.32. The van der Waals surface area contributed by atoms with Crippen LogP contribution >= 0.6 is 0 Å². The van der Waals surface area contributed by atoms with Gasteiger partial charge in [0, 0.05) is 19.1 Å². The molecule has 1 aliphatic carbocycles. The molecule has 2 heterocycles. The Labute approximate surface area is 158 Å². The Morgan fingerprint density at radius 1 is 1.22 bits per heavy atom. The fraction of sp³-hybridized carbons (Fsp3) is 0.500. The number of hydrogen-bond donors (Lipinski definition) is 1. The van der Waals surface area contributed by atoms with Crippen LogP contribution in [0.3, 0.4) is 0 Å². The molecule has 2 fully saturated rings. The standard InChI is InChI=1S/C20H23N5O2/c1-12-10-25(11-13(2)27-12)19-18(15(9-21)20(26)22-14-7-8-14)23-16-5-3-4-6-17(16)24-19/h3-6,12-15H,7-8,10-11H2,1-2H3,(H,22,26)/t12-,13-,15+/m0/s1. The van der Waals surface area contributed by atoms with E-state index in [1.165, 1.54) is 0 Å². The van der Waals surface area contributed by atoms with Crippen molar-refractivity contribution in [3.63, 3.8) is 0 Å². The Hall–Kier alpha value is -2.72. The maximum atomic E-state index is 12.7. The van der Waals surface area contributed by atoms with Crippen molar-refractivity contribution in [2.45, 2.75) is 50.9 Å². The van der Waals surface area contributed by atoms with Gasteiger partial charge in [0.25, 0.3) is 0 Å². The van der Waals surface area contributed by atoms with Crippen molar-refractivity contribution in [3.8, 4) is 6.07 Å². The molecular weight excluding hydrogens is 342 g/mol. The van der Waals surface area contributed by atoms with Crippen LogP contribution in [0.2, 0.25) is 0 Å². The first kappa shape index (κ1) is 17.7. The zero-order chi connectivity index (χ0) is 19.0. The zero-order valence-electron chi connectivity index (χ0n) is 15.6. The number of carbonyl (C=O) groups excluding carboxylic acids is 1. The molecule has 0 spiro atoms. The summed E-state index contributed by atoms with van der Waals surface area (Å²) in [7, 11) is 0. The largest absolute Gasteiger partial charge is 0.372 e. The Morgan fingerprint density at radius 3 is 2.44 bits per heavy atom. The molecule has 0 bridgehead atoms. The SMILES string of the molecule is C[C@H]1CN(c2nc3ccccc3nc2[C@@H](C#N)C(=O)NC2CC2)C[C@H](C)O1. The van der Waals surface area contributed by atoms with Crippen molar-refractivity contribution in [1.29, 1.82) is 5.26 Å². The number of anilines is 1. The number of morpholine rings is 1. The maximum absolute atomic E-state index is 12.7. The van der Waals surface area contributed by atoms with Gasteiger partial charge in [0.05, 0.1) is 29.3 Å². The zero-order valence-corrected chi connectivity index (χ0v) is 15.6. The summed E-state index contributed by atoms with van der Waals surface area (Å²) in [4.78, 5) is 24.2. The number of ether oxygens (including phenoxy) is 1. The third kappa shape index (κ3) is 3.71. The van der Waals surface area contributed by atoms with Crippen molar-refractivity contribution in [2.75, 3.05) is 18.0 Å². The second kappa shape index (κ2) is 7.12. The van der Waals surface area contributed by atoms with Crippen molar-refractivity contribution >= 4 is 22.8 Å². The van der Waals surface area contributed by atoms with Gasteiger partial charge in [0.1, 0.15) is 5.69 Å². The number of nitriles is 1. The van der Waals surface area contributed by atoms with E-state index < -0.39 is 5.92 Å². The Bertz CT molecular complexity index is 895. The summed E-state index contributed by atoms with van der Waals surface area (Å²) in [5.74, 6) is -0.667. The van der Waals surface area contributed by atoms with Crippen LogP contribution in [0, 0.1) is 11.3 Å². The van der Waals surface area contributed by atoms with Crippen molar-refractivity contribution in [2.24, 2.45) is 0 Å². The van der Waals surface area contributed by atoms with E-state index in [9.17, 15) is 10.1 Å². The third-order valence-corrected chi connectivity index (χ3v) is 4.89. The molecule has 1 aliphatic heterocycles. The van der Waals surface area contributed by atoms with E-state index in [1.807, 2.05) is 38.1 Å². The van der Waals surface area contributed by atoms with Crippen LogP contribution in [0.4, 0.5) is 5.82 Å². The van der Waals surface area contributed by atoms with E-state index in [-0.39, 0.29) is 24.2 Å². The Kier molecular flexibility index (Phi) is 4.66. The number of benzene rings is 1. The number of nitrogens with one attached hydrogen (secondary N) is 1. The molecule has 7 nitrogen and oxygen atoms in total. The van der Waals surface area contributed by atoms with Gasteiger partial charge in [-0.05, 0) is 38.8 Å². The normalized spacial score (nSPS) is 23.7. The van der Waals surface area contributed by atoms with Gasteiger partial charge in [-0.3, -0.25) is 4.79 Å². The lowest BCUT2D eigenvalue weighted by Crippen LogP contribution is -2.46. The Balaban J connectivity index is 1.78. The highest BCUT2D eigenvalue weighted by Gasteiger charge is 2.34. The molecular formula is C20H23N5O2. The monoisotopic (exact) mass is 365 g/mol. The molecule has 0 radical (unpaired) electrons. The first-order chi connectivity index (χ1) is 13.0. The summed E-state index contributed by atoms with van der Waals surface area (Å²) < 4.78 is 5.83. The highest BCUT2D eigenvalue weighted by molar-refractivity contribution is 5.89. The van der Waals surface area contributed by atoms with E-state index in [1.54, 1.807) is 0 Å². The molecule has 0 unspecified atom stereocenters. The molecule has 1 saturated carbocycles. The van der Waals surface area contributed by atoms with E-state index in [4.69, 9.17) is 14.7 Å². The molecule has 3 atom stereocenters. The molecule has 1 aromatic carbocycles. The highest BCUT2D eigenvalue weighted by Crippen LogP contribution is 2.30. The average molecular weight is 365 g/mol. The fourth-order valence-corrected chi connectivity index (χ4v) is 3.54. The summed E-state index contributed by atoms with van der Waals surface area (Å²) in [6, 6.07) is 9.88.